The van der Waals surface area contributed by atoms with Gasteiger partial charge in [0, 0.05) is 25.3 Å². The summed E-state index contributed by atoms with van der Waals surface area (Å²) in [5, 5.41) is 12.6. The summed E-state index contributed by atoms with van der Waals surface area (Å²) in [6, 6.07) is 9.92. The quantitative estimate of drug-likeness (QED) is 0.829. The number of nitrogens with zero attached hydrogens (tertiary/aromatic N) is 2. The Morgan fingerprint density at radius 2 is 2.24 bits per heavy atom. The summed E-state index contributed by atoms with van der Waals surface area (Å²) in [7, 11) is 1.17. The van der Waals surface area contributed by atoms with Crippen molar-refractivity contribution in [1.29, 1.82) is 0 Å². The van der Waals surface area contributed by atoms with Crippen LogP contribution in [-0.2, 0) is 9.47 Å². The predicted molar refractivity (Wildman–Crippen MR) is 89.3 cm³/mol. The van der Waals surface area contributed by atoms with Gasteiger partial charge in [0.15, 0.2) is 0 Å². The highest BCUT2D eigenvalue weighted by Gasteiger charge is 2.35. The van der Waals surface area contributed by atoms with Gasteiger partial charge in [-0.05, 0) is 18.2 Å². The average molecular weight is 347 g/mol. The maximum absolute atomic E-state index is 12.3. The summed E-state index contributed by atoms with van der Waals surface area (Å²) in [5.41, 5.74) is -0.271. The number of carbonyl (C=O) groups is 1. The number of aromatic nitrogens is 2. The second kappa shape index (κ2) is 7.56. The van der Waals surface area contributed by atoms with Crippen molar-refractivity contribution < 1.29 is 22.1 Å². The van der Waals surface area contributed by atoms with Crippen LogP contribution in [0.1, 0.15) is 25.7 Å². The van der Waals surface area contributed by atoms with Gasteiger partial charge < -0.3 is 19.9 Å². The first-order chi connectivity index (χ1) is 12.8. The minimum Gasteiger partial charge on any atom is -0.390 e. The van der Waals surface area contributed by atoms with E-state index in [2.05, 4.69) is 10.3 Å². The van der Waals surface area contributed by atoms with Crippen molar-refractivity contribution in [2.75, 3.05) is 19.0 Å². The second-order valence-electron chi connectivity index (χ2n) is 5.46. The van der Waals surface area contributed by atoms with Gasteiger partial charge in [-0.2, -0.15) is 4.98 Å². The number of hydrogen-bond acceptors (Lipinski definition) is 6. The van der Waals surface area contributed by atoms with Crippen molar-refractivity contribution >= 4 is 11.7 Å². The number of rotatable bonds is 5. The number of nitrogens with one attached hydrogen (secondary N) is 1. The molecule has 0 spiro atoms. The van der Waals surface area contributed by atoms with Gasteiger partial charge in [-0.3, -0.25) is 9.36 Å². The molecule has 1 aliphatic heterocycles. The molecule has 3 atom stereocenters. The Bertz CT molecular complexity index is 874. The first-order valence-electron chi connectivity index (χ1n) is 8.66. The van der Waals surface area contributed by atoms with Crippen molar-refractivity contribution in [1.82, 2.24) is 9.55 Å². The topological polar surface area (TPSA) is 103 Å². The molecule has 3 rings (SSSR count). The summed E-state index contributed by atoms with van der Waals surface area (Å²) >= 11 is 0. The highest BCUT2D eigenvalue weighted by Crippen LogP contribution is 2.27. The normalized spacial score (nSPS) is 24.5. The van der Waals surface area contributed by atoms with Gasteiger partial charge in [-0.1, -0.05) is 18.2 Å². The first-order valence-corrected chi connectivity index (χ1v) is 7.66. The summed E-state index contributed by atoms with van der Waals surface area (Å²) in [6.45, 7) is -2.20. The van der Waals surface area contributed by atoms with Crippen LogP contribution in [0.15, 0.2) is 47.4 Å². The molecule has 0 aliphatic carbocycles. The lowest BCUT2D eigenvalue weighted by Gasteiger charge is -2.15. The van der Waals surface area contributed by atoms with E-state index in [1.54, 1.807) is 30.3 Å². The van der Waals surface area contributed by atoms with Gasteiger partial charge in [-0.15, -0.1) is 0 Å². The number of aliphatic hydroxyl groups is 1. The van der Waals surface area contributed by atoms with Crippen molar-refractivity contribution in [3.63, 3.8) is 0 Å². The number of benzene rings is 1. The third-order valence-corrected chi connectivity index (χ3v) is 3.75. The van der Waals surface area contributed by atoms with Crippen LogP contribution in [0.4, 0.5) is 5.82 Å². The Morgan fingerprint density at radius 3 is 2.92 bits per heavy atom. The van der Waals surface area contributed by atoms with E-state index in [9.17, 15) is 14.7 Å². The molecular formula is C17H19N3O5. The molecule has 132 valence electrons. The summed E-state index contributed by atoms with van der Waals surface area (Å²) < 4.78 is 26.7. The summed E-state index contributed by atoms with van der Waals surface area (Å²) in [4.78, 5) is 28.2. The number of anilines is 1. The van der Waals surface area contributed by atoms with E-state index in [1.165, 1.54) is 19.4 Å². The SMILES string of the molecule is [2H]C([2H])(OC)[C@H]1O[C@@H](n2ccc(NC(=O)c3ccccc3)nc2=O)C[C@@H]1O. The van der Waals surface area contributed by atoms with E-state index in [1.807, 2.05) is 0 Å². The Kier molecular flexibility index (Phi) is 4.46. The maximum atomic E-state index is 12.3. The van der Waals surface area contributed by atoms with E-state index in [0.29, 0.717) is 5.56 Å². The van der Waals surface area contributed by atoms with E-state index in [-0.39, 0.29) is 12.2 Å². The van der Waals surface area contributed by atoms with Crippen LogP contribution in [0.3, 0.4) is 0 Å². The molecule has 1 aromatic heterocycles. The van der Waals surface area contributed by atoms with Crippen LogP contribution < -0.4 is 11.0 Å². The largest absolute Gasteiger partial charge is 0.390 e. The van der Waals surface area contributed by atoms with Crippen LogP contribution in [-0.4, -0.2) is 46.4 Å². The van der Waals surface area contributed by atoms with Crippen molar-refractivity contribution in [3.05, 3.63) is 58.6 Å². The molecule has 1 aliphatic rings. The molecular weight excluding hydrogens is 326 g/mol. The van der Waals surface area contributed by atoms with E-state index >= 15 is 0 Å². The number of hydrogen-bond donors (Lipinski definition) is 2. The highest BCUT2D eigenvalue weighted by molar-refractivity contribution is 6.03. The average Bonchev–Trinajstić information content (AvgIpc) is 3.05. The molecule has 1 fully saturated rings. The molecule has 1 saturated heterocycles. The molecule has 1 amide bonds. The molecule has 0 bridgehead atoms. The zero-order chi connectivity index (χ0) is 19.6. The molecule has 8 nitrogen and oxygen atoms in total. The van der Waals surface area contributed by atoms with Gasteiger partial charge in [0.25, 0.3) is 5.91 Å². The van der Waals surface area contributed by atoms with Crippen LogP contribution in [0.5, 0.6) is 0 Å². The third kappa shape index (κ3) is 3.93. The van der Waals surface area contributed by atoms with E-state index in [4.69, 9.17) is 12.2 Å². The van der Waals surface area contributed by atoms with E-state index < -0.39 is 36.6 Å². The Labute approximate surface area is 146 Å². The van der Waals surface area contributed by atoms with Gasteiger partial charge in [0.1, 0.15) is 18.1 Å². The molecule has 2 N–H and O–H groups in total. The highest BCUT2D eigenvalue weighted by atomic mass is 16.6. The number of methoxy groups -OCH3 is 1. The van der Waals surface area contributed by atoms with Crippen LogP contribution in [0, 0.1) is 0 Å². The lowest BCUT2D eigenvalue weighted by atomic mass is 10.2. The fourth-order valence-corrected chi connectivity index (χ4v) is 2.53. The fraction of sp³-hybridized carbons (Fsp3) is 0.353. The number of carbonyl (C=O) groups excluding carboxylic acids is 1. The second-order valence-corrected chi connectivity index (χ2v) is 5.46. The minimum atomic E-state index is -2.20. The minimum absolute atomic E-state index is 0.00481. The molecule has 2 aromatic rings. The Balaban J connectivity index is 1.74. The molecule has 0 radical (unpaired) electrons. The summed E-state index contributed by atoms with van der Waals surface area (Å²) in [6.07, 6.45) is -1.90. The van der Waals surface area contributed by atoms with E-state index in [0.717, 1.165) is 4.57 Å². The zero-order valence-corrected chi connectivity index (χ0v) is 13.5. The lowest BCUT2D eigenvalue weighted by molar-refractivity contribution is -0.0546. The monoisotopic (exact) mass is 347 g/mol. The third-order valence-electron chi connectivity index (χ3n) is 3.75. The van der Waals surface area contributed by atoms with Gasteiger partial charge in [0.05, 0.1) is 15.4 Å². The first kappa shape index (κ1) is 14.8. The zero-order valence-electron chi connectivity index (χ0n) is 15.5. The van der Waals surface area contributed by atoms with Crippen LogP contribution >= 0.6 is 0 Å². The fourth-order valence-electron chi connectivity index (χ4n) is 2.53. The Morgan fingerprint density at radius 1 is 1.48 bits per heavy atom. The maximum Gasteiger partial charge on any atom is 0.351 e. The molecule has 1 aromatic carbocycles. The number of amides is 1. The Hall–Kier alpha value is -2.55. The molecule has 25 heavy (non-hydrogen) atoms. The number of ether oxygens (including phenoxy) is 2. The predicted octanol–water partition coefficient (Wildman–Crippen LogP) is 0.790. The van der Waals surface area contributed by atoms with Crippen molar-refractivity contribution in [2.24, 2.45) is 0 Å². The molecule has 0 saturated carbocycles. The molecule has 8 heteroatoms. The standard InChI is InChI=1S/C17H19N3O5/c1-24-10-13-12(21)9-15(25-13)20-8-7-14(19-17(20)23)18-16(22)11-5-3-2-4-6-11/h2-8,12-13,15,21H,9-10H2,1H3,(H,18,19,22,23)/t12-,13+,15+/m0/s1/i10D2. The number of aliphatic hydroxyl groups excluding tert-OH is 1. The van der Waals surface area contributed by atoms with Gasteiger partial charge in [-0.25, -0.2) is 4.79 Å². The summed E-state index contributed by atoms with van der Waals surface area (Å²) in [5.74, 6) is -0.325. The van der Waals surface area contributed by atoms with Crippen LogP contribution in [0.2, 0.25) is 0 Å². The lowest BCUT2D eigenvalue weighted by Crippen LogP contribution is -2.29. The van der Waals surface area contributed by atoms with Crippen LogP contribution in [0.25, 0.3) is 0 Å². The van der Waals surface area contributed by atoms with Crippen molar-refractivity contribution in [3.8, 4) is 0 Å². The van der Waals surface area contributed by atoms with Gasteiger partial charge in [0.2, 0.25) is 0 Å². The van der Waals surface area contributed by atoms with Gasteiger partial charge >= 0.3 is 5.69 Å². The van der Waals surface area contributed by atoms with Crippen molar-refractivity contribution in [2.45, 2.75) is 24.9 Å². The molecule has 0 unspecified atom stereocenters. The smallest absolute Gasteiger partial charge is 0.351 e. The molecule has 2 heterocycles.